The van der Waals surface area contributed by atoms with Crippen LogP contribution in [0.15, 0.2) is 30.3 Å². The second-order valence-corrected chi connectivity index (χ2v) is 5.09. The Bertz CT molecular complexity index is 468. The largest absolute Gasteiger partial charge is 0.306 e. The van der Waals surface area contributed by atoms with E-state index in [0.29, 0.717) is 6.54 Å². The molecule has 0 atom stereocenters. The maximum absolute atomic E-state index is 4.21. The maximum Gasteiger partial charge on any atom is 0.117 e. The second kappa shape index (κ2) is 4.67. The fraction of sp³-hybridized carbons (Fsp3) is 0.385. The van der Waals surface area contributed by atoms with Crippen molar-refractivity contribution in [3.63, 3.8) is 0 Å². The summed E-state index contributed by atoms with van der Waals surface area (Å²) < 4.78 is 0. The molecule has 0 aliphatic carbocycles. The van der Waals surface area contributed by atoms with Gasteiger partial charge in [0.1, 0.15) is 11.4 Å². The van der Waals surface area contributed by atoms with E-state index in [-0.39, 0.29) is 5.54 Å². The minimum atomic E-state index is 0.0763. The van der Waals surface area contributed by atoms with Crippen LogP contribution in [0.5, 0.6) is 0 Å². The van der Waals surface area contributed by atoms with E-state index in [2.05, 4.69) is 41.5 Å². The quantitative estimate of drug-likeness (QED) is 0.851. The predicted molar refractivity (Wildman–Crippen MR) is 68.4 cm³/mol. The molecule has 2 N–H and O–H groups in total. The SMILES string of the molecule is CC(C)(C)NCc1n[nH]nc1-c1ccccc1. The van der Waals surface area contributed by atoms with Crippen molar-refractivity contribution in [1.82, 2.24) is 20.7 Å². The Labute approximate surface area is 101 Å². The van der Waals surface area contributed by atoms with Crippen LogP contribution in [0.2, 0.25) is 0 Å². The highest BCUT2D eigenvalue weighted by atomic mass is 15.3. The summed E-state index contributed by atoms with van der Waals surface area (Å²) in [5.41, 5.74) is 3.04. The Kier molecular flexibility index (Phi) is 3.24. The summed E-state index contributed by atoms with van der Waals surface area (Å²) >= 11 is 0. The van der Waals surface area contributed by atoms with Crippen LogP contribution in [0.1, 0.15) is 26.5 Å². The minimum absolute atomic E-state index is 0.0763. The summed E-state index contributed by atoms with van der Waals surface area (Å²) in [6, 6.07) is 10.1. The van der Waals surface area contributed by atoms with Gasteiger partial charge in [0, 0.05) is 17.6 Å². The third-order valence-electron chi connectivity index (χ3n) is 2.45. The molecule has 1 aromatic carbocycles. The maximum atomic E-state index is 4.21. The Morgan fingerprint density at radius 2 is 1.82 bits per heavy atom. The van der Waals surface area contributed by atoms with E-state index in [1.807, 2.05) is 30.3 Å². The van der Waals surface area contributed by atoms with Gasteiger partial charge in [-0.1, -0.05) is 30.3 Å². The summed E-state index contributed by atoms with van der Waals surface area (Å²) in [5.74, 6) is 0. The van der Waals surface area contributed by atoms with E-state index in [1.165, 1.54) is 0 Å². The van der Waals surface area contributed by atoms with Crippen molar-refractivity contribution in [1.29, 1.82) is 0 Å². The molecule has 0 radical (unpaired) electrons. The zero-order valence-electron chi connectivity index (χ0n) is 10.5. The lowest BCUT2D eigenvalue weighted by molar-refractivity contribution is 0.421. The van der Waals surface area contributed by atoms with Crippen LogP contribution in [0.25, 0.3) is 11.3 Å². The molecule has 0 saturated heterocycles. The highest BCUT2D eigenvalue weighted by Gasteiger charge is 2.13. The molecule has 1 heterocycles. The Morgan fingerprint density at radius 3 is 2.47 bits per heavy atom. The third-order valence-corrected chi connectivity index (χ3v) is 2.45. The van der Waals surface area contributed by atoms with Crippen LogP contribution in [-0.4, -0.2) is 20.9 Å². The molecule has 4 heteroatoms. The average Bonchev–Trinajstić information content (AvgIpc) is 2.75. The first kappa shape index (κ1) is 11.8. The summed E-state index contributed by atoms with van der Waals surface area (Å²) in [7, 11) is 0. The third kappa shape index (κ3) is 3.14. The van der Waals surface area contributed by atoms with E-state index >= 15 is 0 Å². The van der Waals surface area contributed by atoms with Crippen molar-refractivity contribution < 1.29 is 0 Å². The van der Waals surface area contributed by atoms with E-state index in [4.69, 9.17) is 0 Å². The van der Waals surface area contributed by atoms with Crippen LogP contribution in [-0.2, 0) is 6.54 Å². The topological polar surface area (TPSA) is 53.6 Å². The molecule has 0 spiro atoms. The molecule has 0 fully saturated rings. The number of rotatable bonds is 3. The number of hydrogen-bond acceptors (Lipinski definition) is 3. The predicted octanol–water partition coefficient (Wildman–Crippen LogP) is 2.36. The lowest BCUT2D eigenvalue weighted by Crippen LogP contribution is -2.35. The standard InChI is InChI=1S/C13H18N4/c1-13(2,3)14-9-11-12(16-17-15-11)10-7-5-4-6-8-10/h4-8,14H,9H2,1-3H3,(H,15,16,17). The molecule has 1 aromatic heterocycles. The molecule has 0 amide bonds. The lowest BCUT2D eigenvalue weighted by atomic mass is 10.1. The fourth-order valence-electron chi connectivity index (χ4n) is 1.55. The number of benzene rings is 1. The molecule has 17 heavy (non-hydrogen) atoms. The summed E-state index contributed by atoms with van der Waals surface area (Å²) in [6.45, 7) is 7.12. The number of nitrogens with zero attached hydrogens (tertiary/aromatic N) is 2. The van der Waals surface area contributed by atoms with Crippen molar-refractivity contribution in [3.8, 4) is 11.3 Å². The Morgan fingerprint density at radius 1 is 1.12 bits per heavy atom. The second-order valence-electron chi connectivity index (χ2n) is 5.09. The van der Waals surface area contributed by atoms with Crippen molar-refractivity contribution in [2.75, 3.05) is 0 Å². The normalized spacial score (nSPS) is 11.7. The zero-order chi connectivity index (χ0) is 12.3. The van der Waals surface area contributed by atoms with Gasteiger partial charge in [0.25, 0.3) is 0 Å². The number of hydrogen-bond donors (Lipinski definition) is 2. The summed E-state index contributed by atoms with van der Waals surface area (Å²) in [6.07, 6.45) is 0. The van der Waals surface area contributed by atoms with Crippen LogP contribution in [0, 0.1) is 0 Å². The fourth-order valence-corrected chi connectivity index (χ4v) is 1.55. The van der Waals surface area contributed by atoms with E-state index in [1.54, 1.807) is 0 Å². The van der Waals surface area contributed by atoms with Crippen LogP contribution >= 0.6 is 0 Å². The van der Waals surface area contributed by atoms with Crippen molar-refractivity contribution in [3.05, 3.63) is 36.0 Å². The molecular weight excluding hydrogens is 212 g/mol. The first-order chi connectivity index (χ1) is 8.06. The van der Waals surface area contributed by atoms with Gasteiger partial charge in [-0.2, -0.15) is 15.4 Å². The van der Waals surface area contributed by atoms with Gasteiger partial charge in [0.2, 0.25) is 0 Å². The van der Waals surface area contributed by atoms with Gasteiger partial charge in [-0.05, 0) is 20.8 Å². The smallest absolute Gasteiger partial charge is 0.117 e. The van der Waals surface area contributed by atoms with Gasteiger partial charge in [-0.25, -0.2) is 0 Å². The summed E-state index contributed by atoms with van der Waals surface area (Å²) in [4.78, 5) is 0. The Hall–Kier alpha value is -1.68. The number of aromatic amines is 1. The van der Waals surface area contributed by atoms with Gasteiger partial charge in [-0.3, -0.25) is 0 Å². The molecular formula is C13H18N4. The molecule has 0 bridgehead atoms. The minimum Gasteiger partial charge on any atom is -0.306 e. The molecule has 0 aliphatic rings. The van der Waals surface area contributed by atoms with Crippen LogP contribution in [0.3, 0.4) is 0 Å². The average molecular weight is 230 g/mol. The first-order valence-corrected chi connectivity index (χ1v) is 5.76. The highest BCUT2D eigenvalue weighted by molar-refractivity contribution is 5.60. The van der Waals surface area contributed by atoms with Gasteiger partial charge in [0.05, 0.1) is 0 Å². The molecule has 4 nitrogen and oxygen atoms in total. The monoisotopic (exact) mass is 230 g/mol. The van der Waals surface area contributed by atoms with E-state index in [9.17, 15) is 0 Å². The van der Waals surface area contributed by atoms with Crippen molar-refractivity contribution >= 4 is 0 Å². The van der Waals surface area contributed by atoms with Gasteiger partial charge in [0.15, 0.2) is 0 Å². The van der Waals surface area contributed by atoms with Crippen molar-refractivity contribution in [2.45, 2.75) is 32.9 Å². The number of aromatic nitrogens is 3. The number of H-pyrrole nitrogens is 1. The zero-order valence-corrected chi connectivity index (χ0v) is 10.5. The van der Waals surface area contributed by atoms with E-state index < -0.39 is 0 Å². The van der Waals surface area contributed by atoms with Crippen LogP contribution < -0.4 is 5.32 Å². The molecule has 2 rings (SSSR count). The van der Waals surface area contributed by atoms with Gasteiger partial charge in [-0.15, -0.1) is 0 Å². The van der Waals surface area contributed by atoms with Gasteiger partial charge < -0.3 is 5.32 Å². The number of nitrogens with one attached hydrogen (secondary N) is 2. The van der Waals surface area contributed by atoms with Crippen LogP contribution in [0.4, 0.5) is 0 Å². The molecule has 0 saturated carbocycles. The van der Waals surface area contributed by atoms with E-state index in [0.717, 1.165) is 17.0 Å². The summed E-state index contributed by atoms with van der Waals surface area (Å²) in [5, 5.41) is 14.5. The molecule has 2 aromatic rings. The van der Waals surface area contributed by atoms with Crippen molar-refractivity contribution in [2.24, 2.45) is 0 Å². The highest BCUT2D eigenvalue weighted by Crippen LogP contribution is 2.19. The Balaban J connectivity index is 2.18. The molecule has 90 valence electrons. The molecule has 0 unspecified atom stereocenters. The first-order valence-electron chi connectivity index (χ1n) is 5.76. The van der Waals surface area contributed by atoms with Gasteiger partial charge >= 0.3 is 0 Å². The molecule has 0 aliphatic heterocycles. The lowest BCUT2D eigenvalue weighted by Gasteiger charge is -2.19.